The van der Waals surface area contributed by atoms with E-state index in [1.165, 1.54) is 0 Å². The molecule has 0 aliphatic rings. The Morgan fingerprint density at radius 2 is 1.76 bits per heavy atom. The molecule has 0 saturated heterocycles. The number of rotatable bonds is 3. The normalized spacial score (nSPS) is 10.4. The van der Waals surface area contributed by atoms with Crippen LogP contribution in [0.15, 0.2) is 70.5 Å². The van der Waals surface area contributed by atoms with Gasteiger partial charge in [-0.15, -0.1) is 0 Å². The first-order valence-electron chi connectivity index (χ1n) is 6.51. The Kier molecular flexibility index (Phi) is 3.76. The summed E-state index contributed by atoms with van der Waals surface area (Å²) in [7, 11) is 0. The van der Waals surface area contributed by atoms with Crippen molar-refractivity contribution < 1.29 is 0 Å². The molecule has 0 bridgehead atoms. The monoisotopic (exact) mass is 292 g/mol. The first-order chi connectivity index (χ1) is 10.3. The lowest BCUT2D eigenvalue weighted by molar-refractivity contribution is 0.811. The molecule has 0 saturated carbocycles. The van der Waals surface area contributed by atoms with Crippen molar-refractivity contribution in [2.75, 3.05) is 0 Å². The average Bonchev–Trinajstić information content (AvgIpc) is 2.53. The van der Waals surface area contributed by atoms with Gasteiger partial charge in [-0.25, -0.2) is 0 Å². The fourth-order valence-corrected chi connectivity index (χ4v) is 2.83. The van der Waals surface area contributed by atoms with Gasteiger partial charge >= 0.3 is 0 Å². The minimum absolute atomic E-state index is 0.0820. The Morgan fingerprint density at radius 3 is 2.52 bits per heavy atom. The highest BCUT2D eigenvalue weighted by molar-refractivity contribution is 8.03. The molecule has 1 heterocycles. The van der Waals surface area contributed by atoms with Crippen LogP contribution < -0.4 is 5.43 Å². The number of benzene rings is 2. The summed E-state index contributed by atoms with van der Waals surface area (Å²) in [6.07, 6.45) is 1.77. The van der Waals surface area contributed by atoms with Crippen LogP contribution in [-0.2, 0) is 6.54 Å². The maximum absolute atomic E-state index is 12.3. The summed E-state index contributed by atoms with van der Waals surface area (Å²) in [5.74, 6) is 0. The van der Waals surface area contributed by atoms with E-state index in [1.807, 2.05) is 58.5 Å². The lowest BCUT2D eigenvalue weighted by Crippen LogP contribution is -2.12. The second kappa shape index (κ2) is 5.86. The zero-order chi connectivity index (χ0) is 14.7. The first kappa shape index (κ1) is 13.5. The number of fused-ring (bicyclic) bond motifs is 1. The van der Waals surface area contributed by atoms with E-state index in [-0.39, 0.29) is 5.43 Å². The van der Waals surface area contributed by atoms with Gasteiger partial charge in [0.05, 0.1) is 10.4 Å². The van der Waals surface area contributed by atoms with Gasteiger partial charge in [-0.3, -0.25) is 4.79 Å². The number of pyridine rings is 1. The summed E-state index contributed by atoms with van der Waals surface area (Å²) in [5, 5.41) is 11.5. The minimum atomic E-state index is -0.0820. The van der Waals surface area contributed by atoms with Gasteiger partial charge in [-0.2, -0.15) is 5.26 Å². The average molecular weight is 292 g/mol. The fraction of sp³-hybridized carbons (Fsp3) is 0.0588. The third-order valence-corrected chi connectivity index (χ3v) is 3.91. The van der Waals surface area contributed by atoms with Crippen LogP contribution in [-0.4, -0.2) is 4.57 Å². The maximum Gasteiger partial charge on any atom is 0.203 e. The molecule has 3 aromatic rings. The van der Waals surface area contributed by atoms with Gasteiger partial charge in [0.2, 0.25) is 5.43 Å². The van der Waals surface area contributed by atoms with E-state index in [9.17, 15) is 4.79 Å². The summed E-state index contributed by atoms with van der Waals surface area (Å²) >= 11 is 0.914. The molecule has 2 aromatic carbocycles. The quantitative estimate of drug-likeness (QED) is 0.547. The largest absolute Gasteiger partial charge is 0.342 e. The van der Waals surface area contributed by atoms with E-state index in [0.717, 1.165) is 22.8 Å². The zero-order valence-electron chi connectivity index (χ0n) is 11.2. The SMILES string of the molecule is N#CSc1cn(Cc2ccccc2)c2ccccc2c1=O. The molecular formula is C17H12N2OS. The van der Waals surface area contributed by atoms with E-state index in [2.05, 4.69) is 0 Å². The van der Waals surface area contributed by atoms with E-state index in [0.29, 0.717) is 16.8 Å². The van der Waals surface area contributed by atoms with Gasteiger partial charge in [0, 0.05) is 18.1 Å². The van der Waals surface area contributed by atoms with E-state index >= 15 is 0 Å². The smallest absolute Gasteiger partial charge is 0.203 e. The van der Waals surface area contributed by atoms with Crippen LogP contribution in [0.1, 0.15) is 5.56 Å². The van der Waals surface area contributed by atoms with Crippen LogP contribution in [0.5, 0.6) is 0 Å². The molecule has 0 aliphatic carbocycles. The standard InChI is InChI=1S/C17H12N2OS/c18-12-21-16-11-19(10-13-6-2-1-3-7-13)15-9-5-4-8-14(15)17(16)20/h1-9,11H,10H2. The third kappa shape index (κ3) is 2.69. The lowest BCUT2D eigenvalue weighted by Gasteiger charge is -2.12. The third-order valence-electron chi connectivity index (χ3n) is 3.31. The van der Waals surface area contributed by atoms with Crippen molar-refractivity contribution in [2.24, 2.45) is 0 Å². The van der Waals surface area contributed by atoms with Crippen molar-refractivity contribution in [2.45, 2.75) is 11.4 Å². The second-order valence-electron chi connectivity index (χ2n) is 4.65. The van der Waals surface area contributed by atoms with Crippen LogP contribution in [0.2, 0.25) is 0 Å². The number of nitriles is 1. The summed E-state index contributed by atoms with van der Waals surface area (Å²) in [4.78, 5) is 12.8. The van der Waals surface area contributed by atoms with E-state index in [4.69, 9.17) is 5.26 Å². The molecule has 0 fully saturated rings. The Labute approximate surface area is 126 Å². The first-order valence-corrected chi connectivity index (χ1v) is 7.33. The number of para-hydroxylation sites is 1. The number of thioether (sulfide) groups is 1. The van der Waals surface area contributed by atoms with Crippen LogP contribution in [0, 0.1) is 10.7 Å². The van der Waals surface area contributed by atoms with Gasteiger partial charge in [0.1, 0.15) is 5.40 Å². The predicted molar refractivity (Wildman–Crippen MR) is 85.2 cm³/mol. The van der Waals surface area contributed by atoms with Gasteiger partial charge in [-0.1, -0.05) is 42.5 Å². The molecule has 0 atom stereocenters. The molecular weight excluding hydrogens is 280 g/mol. The van der Waals surface area contributed by atoms with Crippen molar-refractivity contribution in [3.63, 3.8) is 0 Å². The number of hydrogen-bond acceptors (Lipinski definition) is 3. The van der Waals surface area contributed by atoms with Crippen LogP contribution >= 0.6 is 11.8 Å². The maximum atomic E-state index is 12.3. The molecule has 0 amide bonds. The van der Waals surface area contributed by atoms with Crippen molar-refractivity contribution in [1.29, 1.82) is 5.26 Å². The van der Waals surface area contributed by atoms with E-state index in [1.54, 1.807) is 12.3 Å². The van der Waals surface area contributed by atoms with Crippen molar-refractivity contribution in [1.82, 2.24) is 4.57 Å². The van der Waals surface area contributed by atoms with Gasteiger partial charge in [-0.05, 0) is 29.5 Å². The summed E-state index contributed by atoms with van der Waals surface area (Å²) in [6, 6.07) is 17.5. The molecule has 4 heteroatoms. The highest BCUT2D eigenvalue weighted by atomic mass is 32.2. The fourth-order valence-electron chi connectivity index (χ4n) is 2.35. The number of thiocyanates is 1. The van der Waals surface area contributed by atoms with Crippen molar-refractivity contribution >= 4 is 22.7 Å². The Hall–Kier alpha value is -2.51. The molecule has 0 spiro atoms. The molecule has 0 radical (unpaired) electrons. The molecule has 0 unspecified atom stereocenters. The molecule has 102 valence electrons. The molecule has 21 heavy (non-hydrogen) atoms. The number of hydrogen-bond donors (Lipinski definition) is 0. The zero-order valence-corrected chi connectivity index (χ0v) is 12.0. The Balaban J connectivity index is 2.19. The van der Waals surface area contributed by atoms with Crippen molar-refractivity contribution in [3.8, 4) is 5.40 Å². The van der Waals surface area contributed by atoms with Gasteiger partial charge < -0.3 is 4.57 Å². The molecule has 0 aliphatic heterocycles. The molecule has 0 N–H and O–H groups in total. The highest BCUT2D eigenvalue weighted by Crippen LogP contribution is 2.19. The van der Waals surface area contributed by atoms with Gasteiger partial charge in [0.15, 0.2) is 0 Å². The summed E-state index contributed by atoms with van der Waals surface area (Å²) in [6.45, 7) is 0.667. The molecule has 1 aromatic heterocycles. The summed E-state index contributed by atoms with van der Waals surface area (Å²) in [5.41, 5.74) is 1.95. The Morgan fingerprint density at radius 1 is 1.05 bits per heavy atom. The Bertz CT molecular complexity index is 879. The molecule has 3 rings (SSSR count). The lowest BCUT2D eigenvalue weighted by atomic mass is 10.2. The van der Waals surface area contributed by atoms with Crippen molar-refractivity contribution in [3.05, 3.63) is 76.6 Å². The predicted octanol–water partition coefficient (Wildman–Crippen LogP) is 3.62. The van der Waals surface area contributed by atoms with Crippen LogP contribution in [0.4, 0.5) is 0 Å². The van der Waals surface area contributed by atoms with Crippen LogP contribution in [0.25, 0.3) is 10.9 Å². The highest BCUT2D eigenvalue weighted by Gasteiger charge is 2.09. The van der Waals surface area contributed by atoms with Crippen LogP contribution in [0.3, 0.4) is 0 Å². The number of nitrogens with zero attached hydrogens (tertiary/aromatic N) is 2. The number of aromatic nitrogens is 1. The summed E-state index contributed by atoms with van der Waals surface area (Å²) < 4.78 is 2.02. The second-order valence-corrected chi connectivity index (χ2v) is 5.47. The topological polar surface area (TPSA) is 45.8 Å². The van der Waals surface area contributed by atoms with Gasteiger partial charge in [0.25, 0.3) is 0 Å². The minimum Gasteiger partial charge on any atom is -0.342 e. The molecule has 3 nitrogen and oxygen atoms in total. The van der Waals surface area contributed by atoms with E-state index < -0.39 is 0 Å².